The number of aromatic amines is 1. The summed E-state index contributed by atoms with van der Waals surface area (Å²) in [5, 5.41) is 14.1. The summed E-state index contributed by atoms with van der Waals surface area (Å²) in [4.78, 5) is 28.4. The molecule has 4 heterocycles. The molecule has 3 N–H and O–H groups in total. The molecule has 2 unspecified atom stereocenters. The van der Waals surface area contributed by atoms with E-state index in [1.54, 1.807) is 12.3 Å². The number of rotatable bonds is 7. The number of benzene rings is 1. The summed E-state index contributed by atoms with van der Waals surface area (Å²) in [7, 11) is 0. The number of nitrogens with zero attached hydrogens (tertiary/aromatic N) is 4. The zero-order chi connectivity index (χ0) is 28.9. The van der Waals surface area contributed by atoms with Crippen LogP contribution in [0.5, 0.6) is 0 Å². The van der Waals surface area contributed by atoms with E-state index >= 15 is 0 Å². The van der Waals surface area contributed by atoms with E-state index < -0.39 is 9.76 Å². The highest BCUT2D eigenvalue weighted by atomic mass is 35.6. The van der Waals surface area contributed by atoms with Crippen LogP contribution in [0.1, 0.15) is 55.2 Å². The third kappa shape index (κ3) is 5.74. The van der Waals surface area contributed by atoms with Crippen LogP contribution in [-0.2, 0) is 6.42 Å². The number of alkyl halides is 3. The van der Waals surface area contributed by atoms with Gasteiger partial charge in [-0.15, -0.1) is 0 Å². The Morgan fingerprint density at radius 2 is 1.93 bits per heavy atom. The summed E-state index contributed by atoms with van der Waals surface area (Å²) in [6.07, 6.45) is 2.21. The molecular weight excluding hydrogens is 594 g/mol. The van der Waals surface area contributed by atoms with Gasteiger partial charge in [0.2, 0.25) is 9.74 Å². The van der Waals surface area contributed by atoms with Gasteiger partial charge >= 0.3 is 5.97 Å². The van der Waals surface area contributed by atoms with Gasteiger partial charge in [-0.2, -0.15) is 0 Å². The highest BCUT2D eigenvalue weighted by molar-refractivity contribution is 6.67. The van der Waals surface area contributed by atoms with Gasteiger partial charge in [0.05, 0.1) is 31.0 Å². The number of imidazole rings is 1. The Labute approximate surface area is 254 Å². The van der Waals surface area contributed by atoms with Crippen molar-refractivity contribution in [3.63, 3.8) is 0 Å². The van der Waals surface area contributed by atoms with Gasteiger partial charge in [0.15, 0.2) is 5.69 Å². The van der Waals surface area contributed by atoms with Crippen molar-refractivity contribution in [3.8, 4) is 11.4 Å². The Balaban J connectivity index is 1.61. The van der Waals surface area contributed by atoms with Gasteiger partial charge in [0.1, 0.15) is 5.69 Å². The minimum atomic E-state index is -1.45. The number of fused-ring (bicyclic) bond motifs is 2. The molecule has 1 aromatic carbocycles. The Bertz CT molecular complexity index is 1420. The molecule has 0 bridgehead atoms. The third-order valence-corrected chi connectivity index (χ3v) is 8.26. The van der Waals surface area contributed by atoms with E-state index in [9.17, 15) is 9.90 Å². The van der Waals surface area contributed by atoms with Crippen LogP contribution in [0.2, 0.25) is 5.02 Å². The molecule has 0 amide bonds. The van der Waals surface area contributed by atoms with Gasteiger partial charge in [-0.1, -0.05) is 86.2 Å². The molecule has 0 saturated carbocycles. The number of hydrogen-bond acceptors (Lipinski definition) is 6. The van der Waals surface area contributed by atoms with Crippen LogP contribution >= 0.6 is 46.4 Å². The summed E-state index contributed by atoms with van der Waals surface area (Å²) in [6, 6.07) is 7.87. The maximum Gasteiger partial charge on any atom is 0.354 e. The molecule has 214 valence electrons. The predicted molar refractivity (Wildman–Crippen MR) is 161 cm³/mol. The monoisotopic (exact) mass is 624 g/mol. The first kappa shape index (κ1) is 29.3. The number of H-pyrrole nitrogens is 1. The molecule has 12 heteroatoms. The fourth-order valence-corrected chi connectivity index (χ4v) is 6.79. The van der Waals surface area contributed by atoms with Crippen molar-refractivity contribution in [1.29, 1.82) is 0 Å². The molecule has 1 aromatic rings. The lowest BCUT2D eigenvalue weighted by molar-refractivity contribution is 0.0691. The minimum absolute atomic E-state index is 0.0125. The number of hydrogen-bond donors (Lipinski definition) is 3. The second kappa shape index (κ2) is 11.2. The van der Waals surface area contributed by atoms with Crippen LogP contribution in [-0.4, -0.2) is 66.6 Å². The summed E-state index contributed by atoms with van der Waals surface area (Å²) in [5.74, 6) is -0.0726. The van der Waals surface area contributed by atoms with E-state index in [0.29, 0.717) is 42.9 Å². The van der Waals surface area contributed by atoms with Gasteiger partial charge in [0.25, 0.3) is 0 Å². The molecule has 0 radical (unpaired) electrons. The maximum atomic E-state index is 11.8. The topological polar surface area (TPSA) is 97.4 Å². The van der Waals surface area contributed by atoms with Gasteiger partial charge in [0, 0.05) is 23.5 Å². The number of aromatic nitrogens is 3. The molecule has 2 atom stereocenters. The largest absolute Gasteiger partial charge is 0.477 e. The third-order valence-electron chi connectivity index (χ3n) is 7.57. The van der Waals surface area contributed by atoms with E-state index in [1.807, 2.05) is 6.07 Å². The lowest BCUT2D eigenvalue weighted by Crippen LogP contribution is -2.56. The predicted octanol–water partition coefficient (Wildman–Crippen LogP) is 6.33. The number of carboxylic acid groups (broad SMARTS) is 1. The number of aromatic carboxylic acids is 1. The summed E-state index contributed by atoms with van der Waals surface area (Å²) in [6.45, 7) is 9.86. The zero-order valence-electron chi connectivity index (χ0n) is 22.7. The first-order chi connectivity index (χ1) is 18.8. The fourth-order valence-electron chi connectivity index (χ4n) is 5.94. The highest BCUT2D eigenvalue weighted by Gasteiger charge is 2.46. The molecule has 5 rings (SSSR count). The van der Waals surface area contributed by atoms with Crippen LogP contribution in [0.25, 0.3) is 11.4 Å². The first-order valence-electron chi connectivity index (χ1n) is 13.2. The van der Waals surface area contributed by atoms with Crippen LogP contribution in [0.4, 0.5) is 5.95 Å². The molecular formula is C28H32Cl4N6O2. The van der Waals surface area contributed by atoms with E-state index in [0.717, 1.165) is 27.4 Å². The van der Waals surface area contributed by atoms with Gasteiger partial charge in [-0.3, -0.25) is 5.32 Å². The molecule has 1 fully saturated rings. The number of halogens is 4. The number of carboxylic acids is 1. The van der Waals surface area contributed by atoms with Crippen LogP contribution in [0.3, 0.4) is 0 Å². The van der Waals surface area contributed by atoms with Crippen LogP contribution in [0, 0.1) is 5.92 Å². The smallest absolute Gasteiger partial charge is 0.354 e. The average molecular weight is 626 g/mol. The molecule has 4 aliphatic rings. The molecule has 0 aliphatic carbocycles. The van der Waals surface area contributed by atoms with Gasteiger partial charge in [-0.25, -0.2) is 14.8 Å². The second-order valence-corrected chi connectivity index (χ2v) is 14.0. The number of nitrogens with one attached hydrogen (secondary N) is 2. The number of anilines is 1. The van der Waals surface area contributed by atoms with Crippen LogP contribution in [0.15, 0.2) is 41.7 Å². The van der Waals surface area contributed by atoms with E-state index in [2.05, 4.69) is 59.9 Å². The van der Waals surface area contributed by atoms with E-state index in [-0.39, 0.29) is 30.2 Å². The van der Waals surface area contributed by atoms with Crippen molar-refractivity contribution >= 4 is 58.3 Å². The molecule has 8 nitrogen and oxygen atoms in total. The first-order valence-corrected chi connectivity index (χ1v) is 14.8. The number of carbonyl (C=O) groups is 1. The SMILES string of the molecule is CC(C)c1ccc(CC2=C3C(NCN3CC(Cl)(Cl)Cl)C(C(C)C)N(c3nc4cc[nH]c(C(=O)O)c-4n3)C2)cc1Cl. The summed E-state index contributed by atoms with van der Waals surface area (Å²) in [5.41, 5.74) is 5.30. The second-order valence-electron chi connectivity index (χ2n) is 11.1. The minimum Gasteiger partial charge on any atom is -0.477 e. The zero-order valence-corrected chi connectivity index (χ0v) is 25.7. The Morgan fingerprint density at radius 1 is 1.18 bits per heavy atom. The summed E-state index contributed by atoms with van der Waals surface area (Å²) < 4.78 is -1.45. The molecule has 40 heavy (non-hydrogen) atoms. The van der Waals surface area contributed by atoms with Crippen molar-refractivity contribution in [2.24, 2.45) is 5.92 Å². The fraction of sp³-hybridized carbons (Fsp3) is 0.464. The Morgan fingerprint density at radius 3 is 2.55 bits per heavy atom. The Hall–Kier alpha value is -2.23. The summed E-state index contributed by atoms with van der Waals surface area (Å²) >= 11 is 25.5. The van der Waals surface area contributed by atoms with Crippen molar-refractivity contribution in [3.05, 3.63) is 63.6 Å². The molecule has 0 aromatic heterocycles. The van der Waals surface area contributed by atoms with Gasteiger partial charge in [-0.05, 0) is 47.1 Å². The highest BCUT2D eigenvalue weighted by Crippen LogP contribution is 2.40. The molecule has 4 aliphatic heterocycles. The quantitative estimate of drug-likeness (QED) is 0.264. The maximum absolute atomic E-state index is 11.8. The van der Waals surface area contributed by atoms with E-state index in [4.69, 9.17) is 56.4 Å². The van der Waals surface area contributed by atoms with Crippen molar-refractivity contribution in [1.82, 2.24) is 25.2 Å². The van der Waals surface area contributed by atoms with E-state index in [1.165, 1.54) is 0 Å². The van der Waals surface area contributed by atoms with Gasteiger partial charge < -0.3 is 19.9 Å². The molecule has 0 spiro atoms. The van der Waals surface area contributed by atoms with Crippen molar-refractivity contribution in [2.45, 2.75) is 55.9 Å². The lowest BCUT2D eigenvalue weighted by atomic mass is 9.85. The van der Waals surface area contributed by atoms with Crippen molar-refractivity contribution < 1.29 is 9.90 Å². The standard InChI is InChI=1S/C28H32Cl4N6O2/c1-14(2)18-6-5-16(10-19(18)29)9-17-11-38(27-35-20-7-8-33-22(26(39)40)21(20)36-27)24(15(3)4)23-25(17)37(13-34-23)12-28(30,31)32/h5-8,10,14-15,23-24,33-34H,9,11-13H2,1-4H3,(H,39,40). The number of pyridine rings is 1. The van der Waals surface area contributed by atoms with Crippen LogP contribution < -0.4 is 10.2 Å². The average Bonchev–Trinajstić information content (AvgIpc) is 3.46. The van der Waals surface area contributed by atoms with Crippen molar-refractivity contribution in [2.75, 3.05) is 24.7 Å². The molecule has 1 saturated heterocycles. The normalized spacial score (nSPS) is 19.9. The lowest BCUT2D eigenvalue weighted by Gasteiger charge is -2.44. The Kier molecular flexibility index (Phi) is 8.21.